The Labute approximate surface area is 218 Å². The smallest absolute Gasteiger partial charge is 0.423 e. The molecular weight excluding hydrogens is 535 g/mol. The zero-order valence-electron chi connectivity index (χ0n) is 20.0. The second-order valence-electron chi connectivity index (χ2n) is 9.77. The van der Waals surface area contributed by atoms with Crippen LogP contribution in [0, 0.1) is 0 Å². The quantitative estimate of drug-likeness (QED) is 0.461. The fourth-order valence-corrected chi connectivity index (χ4v) is 5.98. The highest BCUT2D eigenvalue weighted by Crippen LogP contribution is 2.33. The third kappa shape index (κ3) is 5.08. The van der Waals surface area contributed by atoms with Gasteiger partial charge in [0.1, 0.15) is 16.2 Å². The minimum atomic E-state index is -5.37. The summed E-state index contributed by atoms with van der Waals surface area (Å²) >= 11 is 7.34. The molecule has 9 nitrogen and oxygen atoms in total. The largest absolute Gasteiger partial charge is 0.491 e. The molecule has 1 aliphatic heterocycles. The van der Waals surface area contributed by atoms with E-state index in [0.29, 0.717) is 44.1 Å². The average molecular weight is 560 g/mol. The molecule has 5 rings (SSSR count). The summed E-state index contributed by atoms with van der Waals surface area (Å²) in [6.45, 7) is 4.98. The molecule has 2 aliphatic rings. The van der Waals surface area contributed by atoms with Gasteiger partial charge < -0.3 is 10.1 Å². The van der Waals surface area contributed by atoms with Gasteiger partial charge >= 0.3 is 12.1 Å². The average Bonchev–Trinajstić information content (AvgIpc) is 3.53. The number of halogens is 4. The van der Waals surface area contributed by atoms with Gasteiger partial charge in [-0.2, -0.15) is 23.0 Å². The van der Waals surface area contributed by atoms with E-state index >= 15 is 0 Å². The molecule has 0 spiro atoms. The molecule has 1 saturated carbocycles. The molecule has 14 heteroatoms. The minimum absolute atomic E-state index is 0.0787. The number of alkyl halides is 3. The number of piperidine rings is 1. The Balaban J connectivity index is 1.56. The van der Waals surface area contributed by atoms with Crippen molar-refractivity contribution in [3.8, 4) is 0 Å². The summed E-state index contributed by atoms with van der Waals surface area (Å²) in [7, 11) is 0. The highest BCUT2D eigenvalue weighted by Gasteiger charge is 2.45. The first-order valence-electron chi connectivity index (χ1n) is 12.0. The molecule has 0 bridgehead atoms. The maximum absolute atomic E-state index is 13.5. The number of aromatic nitrogens is 3. The van der Waals surface area contributed by atoms with Gasteiger partial charge in [-0.15, -0.1) is 11.3 Å². The Morgan fingerprint density at radius 1 is 1.24 bits per heavy atom. The van der Waals surface area contributed by atoms with Crippen molar-refractivity contribution < 1.29 is 27.5 Å². The molecule has 0 aromatic carbocycles. The third-order valence-electron chi connectivity index (χ3n) is 6.59. The Kier molecular flexibility index (Phi) is 6.73. The molecule has 1 saturated heterocycles. The number of thiophene rings is 1. The van der Waals surface area contributed by atoms with E-state index in [0.717, 1.165) is 25.8 Å². The second kappa shape index (κ2) is 9.59. The number of amides is 1. The number of hydrogen-bond donors (Lipinski definition) is 1. The van der Waals surface area contributed by atoms with Crippen LogP contribution >= 0.6 is 22.9 Å². The monoisotopic (exact) mass is 559 g/mol. The number of fused-ring (bicyclic) bond motifs is 3. The van der Waals surface area contributed by atoms with Gasteiger partial charge in [-0.3, -0.25) is 18.9 Å². The predicted molar refractivity (Wildman–Crippen MR) is 131 cm³/mol. The van der Waals surface area contributed by atoms with Gasteiger partial charge in [0.2, 0.25) is 0 Å². The van der Waals surface area contributed by atoms with Crippen molar-refractivity contribution in [2.75, 3.05) is 13.1 Å². The number of rotatable bonds is 6. The van der Waals surface area contributed by atoms with E-state index in [9.17, 15) is 27.6 Å². The van der Waals surface area contributed by atoms with Gasteiger partial charge in [-0.05, 0) is 44.4 Å². The van der Waals surface area contributed by atoms with Crippen LogP contribution in [0.15, 0.2) is 16.9 Å². The number of nitrogens with zero attached hydrogens (tertiary/aromatic N) is 4. The Hall–Kier alpha value is -2.64. The number of nitrogens with one attached hydrogen (secondary N) is 1. The lowest BCUT2D eigenvalue weighted by Crippen LogP contribution is -2.52. The van der Waals surface area contributed by atoms with Gasteiger partial charge in [-0.1, -0.05) is 25.4 Å². The molecule has 1 amide bonds. The topological polar surface area (TPSA) is 97.9 Å². The molecule has 0 radical (unpaired) electrons. The van der Waals surface area contributed by atoms with Gasteiger partial charge in [0.15, 0.2) is 0 Å². The fourth-order valence-electron chi connectivity index (χ4n) is 4.75. The van der Waals surface area contributed by atoms with Crippen molar-refractivity contribution in [1.82, 2.24) is 24.4 Å². The van der Waals surface area contributed by atoms with Crippen molar-refractivity contribution in [2.24, 2.45) is 0 Å². The SMILES string of the molecule is CC(C)c1nn([C@H](OC(=O)C(F)(F)F)C(=O)NC2CCCN(C3CC3)C2)c(=O)c2cc3cc(Cl)sc3n12. The maximum Gasteiger partial charge on any atom is 0.491 e. The predicted octanol–water partition coefficient (Wildman–Crippen LogP) is 3.83. The van der Waals surface area contributed by atoms with Crippen LogP contribution in [-0.2, 0) is 14.3 Å². The van der Waals surface area contributed by atoms with Crippen LogP contribution in [-0.4, -0.2) is 62.3 Å². The first-order valence-corrected chi connectivity index (χ1v) is 13.2. The van der Waals surface area contributed by atoms with E-state index in [1.807, 2.05) is 0 Å². The lowest BCUT2D eigenvalue weighted by molar-refractivity contribution is -0.210. The minimum Gasteiger partial charge on any atom is -0.423 e. The van der Waals surface area contributed by atoms with E-state index < -0.39 is 29.8 Å². The summed E-state index contributed by atoms with van der Waals surface area (Å²) < 4.78 is 46.7. The molecule has 200 valence electrons. The normalized spacial score (nSPS) is 20.0. The fraction of sp³-hybridized carbons (Fsp3) is 0.565. The van der Waals surface area contributed by atoms with Crippen molar-refractivity contribution >= 4 is 50.5 Å². The van der Waals surface area contributed by atoms with Crippen molar-refractivity contribution in [2.45, 2.75) is 69.9 Å². The standard InChI is InChI=1S/C23H25ClF3N5O4S/c1-11(2)17-29-32(19(34)15-8-12-9-16(24)37-21(12)31(15)17)20(36-22(35)23(25,26)27)18(33)28-13-4-3-7-30(10-13)14-5-6-14/h8-9,11,13-14,20H,3-7,10H2,1-2H3,(H,28,33)/t13?,20-/m1/s1. The van der Waals surface area contributed by atoms with Gasteiger partial charge in [0.25, 0.3) is 17.7 Å². The summed E-state index contributed by atoms with van der Waals surface area (Å²) in [4.78, 5) is 41.5. The number of carbonyl (C=O) groups is 2. The highest BCUT2D eigenvalue weighted by atomic mass is 35.5. The lowest BCUT2D eigenvalue weighted by atomic mass is 10.1. The van der Waals surface area contributed by atoms with Gasteiger partial charge in [0, 0.05) is 29.9 Å². The number of ether oxygens (including phenoxy) is 1. The number of carbonyl (C=O) groups excluding carboxylic acids is 2. The highest BCUT2D eigenvalue weighted by molar-refractivity contribution is 7.22. The van der Waals surface area contributed by atoms with E-state index in [1.54, 1.807) is 24.3 Å². The van der Waals surface area contributed by atoms with Crippen molar-refractivity contribution in [1.29, 1.82) is 0 Å². The molecule has 3 aromatic rings. The molecule has 4 heterocycles. The summed E-state index contributed by atoms with van der Waals surface area (Å²) in [5.74, 6) is -3.64. The van der Waals surface area contributed by atoms with E-state index in [1.165, 1.54) is 17.4 Å². The van der Waals surface area contributed by atoms with Gasteiger partial charge in [0.05, 0.1) is 4.34 Å². The second-order valence-corrected chi connectivity index (χ2v) is 11.4. The molecule has 3 aromatic heterocycles. The first-order chi connectivity index (χ1) is 17.4. The van der Waals surface area contributed by atoms with Crippen LogP contribution in [0.4, 0.5) is 13.2 Å². The molecular formula is C23H25ClF3N5O4S. The summed E-state index contributed by atoms with van der Waals surface area (Å²) in [5, 5.41) is 7.58. The molecule has 1 unspecified atom stereocenters. The van der Waals surface area contributed by atoms with Crippen LogP contribution in [0.2, 0.25) is 4.34 Å². The van der Waals surface area contributed by atoms with Crippen LogP contribution in [0.5, 0.6) is 0 Å². The molecule has 37 heavy (non-hydrogen) atoms. The third-order valence-corrected chi connectivity index (χ3v) is 7.85. The lowest BCUT2D eigenvalue weighted by Gasteiger charge is -2.33. The Bertz CT molecular complexity index is 1430. The van der Waals surface area contributed by atoms with Crippen molar-refractivity contribution in [3.63, 3.8) is 0 Å². The number of esters is 1. The van der Waals surface area contributed by atoms with Crippen LogP contribution in [0.3, 0.4) is 0 Å². The zero-order valence-corrected chi connectivity index (χ0v) is 21.6. The first kappa shape index (κ1) is 26.0. The zero-order chi connectivity index (χ0) is 26.6. The molecule has 2 fully saturated rings. The van der Waals surface area contributed by atoms with Crippen molar-refractivity contribution in [3.05, 3.63) is 32.6 Å². The van der Waals surface area contributed by atoms with Gasteiger partial charge in [-0.25, -0.2) is 4.79 Å². The Morgan fingerprint density at radius 2 is 1.97 bits per heavy atom. The summed E-state index contributed by atoms with van der Waals surface area (Å²) in [6, 6.07) is 3.28. The van der Waals surface area contributed by atoms with Crippen LogP contribution in [0.1, 0.15) is 57.5 Å². The summed E-state index contributed by atoms with van der Waals surface area (Å²) in [5.41, 5.74) is -0.794. The maximum atomic E-state index is 13.5. The summed E-state index contributed by atoms with van der Waals surface area (Å²) in [6.07, 6.45) is -4.04. The van der Waals surface area contributed by atoms with E-state index in [-0.39, 0.29) is 17.5 Å². The number of hydrogen-bond acceptors (Lipinski definition) is 7. The van der Waals surface area contributed by atoms with Crippen LogP contribution < -0.4 is 10.9 Å². The number of likely N-dealkylation sites (tertiary alicyclic amines) is 1. The Morgan fingerprint density at radius 3 is 2.62 bits per heavy atom. The van der Waals surface area contributed by atoms with Crippen LogP contribution in [0.25, 0.3) is 15.7 Å². The molecule has 1 N–H and O–H groups in total. The molecule has 2 atom stereocenters. The molecule has 1 aliphatic carbocycles. The van der Waals surface area contributed by atoms with E-state index in [4.69, 9.17) is 11.6 Å². The van der Waals surface area contributed by atoms with E-state index in [2.05, 4.69) is 20.1 Å².